The summed E-state index contributed by atoms with van der Waals surface area (Å²) in [5.41, 5.74) is 4.55. The second-order valence-electron chi connectivity index (χ2n) is 4.28. The van der Waals surface area contributed by atoms with Gasteiger partial charge in [-0.05, 0) is 31.9 Å². The number of allylic oxidation sites excluding steroid dienone is 3. The lowest BCUT2D eigenvalue weighted by atomic mass is 9.86. The van der Waals surface area contributed by atoms with Crippen LogP contribution in [-0.2, 0) is 9.53 Å². The molecular formula is C11H16INO3. The van der Waals surface area contributed by atoms with E-state index in [0.717, 1.165) is 12.2 Å². The SMILES string of the molecule is COC1=CCC(I)(CC(C)(N)C(=O)O)C=C1. The van der Waals surface area contributed by atoms with Crippen LogP contribution in [0.2, 0.25) is 0 Å². The number of hydrogen-bond donors (Lipinski definition) is 2. The summed E-state index contributed by atoms with van der Waals surface area (Å²) in [6, 6.07) is 0. The number of ether oxygens (including phenoxy) is 1. The maximum Gasteiger partial charge on any atom is 0.323 e. The van der Waals surface area contributed by atoms with E-state index < -0.39 is 11.5 Å². The van der Waals surface area contributed by atoms with Gasteiger partial charge in [0.25, 0.3) is 0 Å². The molecule has 1 aliphatic carbocycles. The predicted molar refractivity (Wildman–Crippen MR) is 70.4 cm³/mol. The van der Waals surface area contributed by atoms with Gasteiger partial charge in [0, 0.05) is 3.42 Å². The Morgan fingerprint density at radius 2 is 2.44 bits per heavy atom. The van der Waals surface area contributed by atoms with Crippen molar-refractivity contribution in [1.29, 1.82) is 0 Å². The Morgan fingerprint density at radius 3 is 2.81 bits per heavy atom. The minimum atomic E-state index is -1.20. The van der Waals surface area contributed by atoms with E-state index >= 15 is 0 Å². The van der Waals surface area contributed by atoms with Gasteiger partial charge in [-0.2, -0.15) is 0 Å². The fourth-order valence-electron chi connectivity index (χ4n) is 1.61. The van der Waals surface area contributed by atoms with E-state index in [2.05, 4.69) is 22.6 Å². The molecule has 1 aliphatic rings. The maximum absolute atomic E-state index is 11.0. The second-order valence-corrected chi connectivity index (χ2v) is 6.43. The van der Waals surface area contributed by atoms with E-state index in [0.29, 0.717) is 6.42 Å². The second kappa shape index (κ2) is 4.75. The van der Waals surface area contributed by atoms with E-state index in [1.807, 2.05) is 18.2 Å². The number of nitrogens with two attached hydrogens (primary N) is 1. The molecular weight excluding hydrogens is 321 g/mol. The number of carboxylic acid groups (broad SMARTS) is 1. The monoisotopic (exact) mass is 337 g/mol. The minimum absolute atomic E-state index is 0.248. The summed E-state index contributed by atoms with van der Waals surface area (Å²) in [6.45, 7) is 1.54. The molecule has 0 radical (unpaired) electrons. The van der Waals surface area contributed by atoms with Crippen molar-refractivity contribution in [2.24, 2.45) is 5.73 Å². The zero-order chi connectivity index (χ0) is 12.4. The lowest BCUT2D eigenvalue weighted by molar-refractivity contribution is -0.143. The molecule has 0 aliphatic heterocycles. The molecule has 4 nitrogen and oxygen atoms in total. The Balaban J connectivity index is 2.74. The molecule has 90 valence electrons. The molecule has 0 heterocycles. The third kappa shape index (κ3) is 3.21. The molecule has 0 amide bonds. The Labute approximate surface area is 109 Å². The van der Waals surface area contributed by atoms with Crippen molar-refractivity contribution in [3.05, 3.63) is 24.0 Å². The summed E-state index contributed by atoms with van der Waals surface area (Å²) in [4.78, 5) is 11.0. The van der Waals surface area contributed by atoms with Crippen LogP contribution in [0.25, 0.3) is 0 Å². The highest BCUT2D eigenvalue weighted by Crippen LogP contribution is 2.37. The third-order valence-electron chi connectivity index (χ3n) is 2.57. The first-order valence-corrected chi connectivity index (χ1v) is 6.01. The molecule has 0 bridgehead atoms. The van der Waals surface area contributed by atoms with Gasteiger partial charge in [-0.15, -0.1) is 0 Å². The molecule has 5 heteroatoms. The number of carboxylic acids is 1. The summed E-state index contributed by atoms with van der Waals surface area (Å²) >= 11 is 2.24. The van der Waals surface area contributed by atoms with Gasteiger partial charge < -0.3 is 15.6 Å². The van der Waals surface area contributed by atoms with Gasteiger partial charge in [-0.3, -0.25) is 4.79 Å². The predicted octanol–water partition coefficient (Wildman–Crippen LogP) is 1.84. The van der Waals surface area contributed by atoms with Crippen molar-refractivity contribution in [2.45, 2.75) is 28.7 Å². The lowest BCUT2D eigenvalue weighted by Gasteiger charge is -2.32. The molecule has 0 saturated carbocycles. The molecule has 2 atom stereocenters. The first-order chi connectivity index (χ1) is 7.29. The number of halogens is 1. The van der Waals surface area contributed by atoms with Gasteiger partial charge >= 0.3 is 5.97 Å². The summed E-state index contributed by atoms with van der Waals surface area (Å²) in [5.74, 6) is -0.167. The van der Waals surface area contributed by atoms with E-state index in [9.17, 15) is 4.79 Å². The van der Waals surface area contributed by atoms with Crippen molar-refractivity contribution in [3.8, 4) is 0 Å². The Bertz CT molecular complexity index is 349. The maximum atomic E-state index is 11.0. The first-order valence-electron chi connectivity index (χ1n) is 4.94. The standard InChI is InChI=1S/C11H16INO3/c1-10(13,9(14)15)7-11(12)5-3-8(16-2)4-6-11/h3-5H,6-7,13H2,1-2H3,(H,14,15). The van der Waals surface area contributed by atoms with Crippen molar-refractivity contribution in [3.63, 3.8) is 0 Å². The number of carbonyl (C=O) groups is 1. The van der Waals surface area contributed by atoms with Crippen LogP contribution >= 0.6 is 22.6 Å². The molecule has 3 N–H and O–H groups in total. The summed E-state index contributed by atoms with van der Waals surface area (Å²) < 4.78 is 4.84. The number of methoxy groups -OCH3 is 1. The molecule has 0 saturated heterocycles. The average molecular weight is 337 g/mol. The Hall–Kier alpha value is -0.560. The van der Waals surface area contributed by atoms with Gasteiger partial charge in [-0.25, -0.2) is 0 Å². The van der Waals surface area contributed by atoms with Gasteiger partial charge in [-0.1, -0.05) is 28.7 Å². The molecule has 0 spiro atoms. The lowest BCUT2D eigenvalue weighted by Crippen LogP contribution is -2.49. The fraction of sp³-hybridized carbons (Fsp3) is 0.545. The van der Waals surface area contributed by atoms with Crippen molar-refractivity contribution in [1.82, 2.24) is 0 Å². The van der Waals surface area contributed by atoms with Crippen LogP contribution < -0.4 is 5.73 Å². The topological polar surface area (TPSA) is 72.5 Å². The van der Waals surface area contributed by atoms with E-state index in [-0.39, 0.29) is 3.42 Å². The highest BCUT2D eigenvalue weighted by atomic mass is 127. The van der Waals surface area contributed by atoms with E-state index in [4.69, 9.17) is 15.6 Å². The van der Waals surface area contributed by atoms with Gasteiger partial charge in [0.1, 0.15) is 11.3 Å². The summed E-state index contributed by atoms with van der Waals surface area (Å²) in [6.07, 6.45) is 6.88. The first kappa shape index (κ1) is 13.5. The smallest absolute Gasteiger partial charge is 0.323 e. The molecule has 1 rings (SSSR count). The Kier molecular flexibility index (Phi) is 4.01. The van der Waals surface area contributed by atoms with Crippen molar-refractivity contribution >= 4 is 28.6 Å². The van der Waals surface area contributed by atoms with Crippen molar-refractivity contribution < 1.29 is 14.6 Å². The van der Waals surface area contributed by atoms with Crippen LogP contribution in [0.3, 0.4) is 0 Å². The zero-order valence-electron chi connectivity index (χ0n) is 9.37. The number of aliphatic carboxylic acids is 1. The third-order valence-corrected chi connectivity index (χ3v) is 3.76. The normalized spacial score (nSPS) is 28.1. The van der Waals surface area contributed by atoms with Crippen LogP contribution in [-0.4, -0.2) is 27.1 Å². The quantitative estimate of drug-likeness (QED) is 0.607. The molecule has 0 fully saturated rings. The zero-order valence-corrected chi connectivity index (χ0v) is 11.5. The fourth-order valence-corrected chi connectivity index (χ4v) is 2.80. The van der Waals surface area contributed by atoms with E-state index in [1.165, 1.54) is 0 Å². The van der Waals surface area contributed by atoms with Gasteiger partial charge in [0.2, 0.25) is 0 Å². The number of hydrogen-bond acceptors (Lipinski definition) is 3. The van der Waals surface area contributed by atoms with Crippen LogP contribution in [0.1, 0.15) is 19.8 Å². The van der Waals surface area contributed by atoms with Crippen LogP contribution in [0, 0.1) is 0 Å². The average Bonchev–Trinajstić information content (AvgIpc) is 2.17. The highest BCUT2D eigenvalue weighted by molar-refractivity contribution is 14.1. The summed E-state index contributed by atoms with van der Waals surface area (Å²) in [5, 5.41) is 8.99. The molecule has 2 unspecified atom stereocenters. The van der Waals surface area contributed by atoms with Crippen LogP contribution in [0.15, 0.2) is 24.0 Å². The number of alkyl halides is 1. The highest BCUT2D eigenvalue weighted by Gasteiger charge is 2.38. The summed E-state index contributed by atoms with van der Waals surface area (Å²) in [7, 11) is 1.61. The molecule has 16 heavy (non-hydrogen) atoms. The largest absolute Gasteiger partial charge is 0.497 e. The van der Waals surface area contributed by atoms with Gasteiger partial charge in [0.05, 0.1) is 7.11 Å². The molecule has 0 aromatic carbocycles. The molecule has 0 aromatic rings. The van der Waals surface area contributed by atoms with Gasteiger partial charge in [0.15, 0.2) is 0 Å². The Morgan fingerprint density at radius 1 is 1.81 bits per heavy atom. The number of rotatable bonds is 4. The van der Waals surface area contributed by atoms with Crippen molar-refractivity contribution in [2.75, 3.05) is 7.11 Å². The molecule has 0 aromatic heterocycles. The van der Waals surface area contributed by atoms with E-state index in [1.54, 1.807) is 14.0 Å². The van der Waals surface area contributed by atoms with Crippen LogP contribution in [0.5, 0.6) is 0 Å². The minimum Gasteiger partial charge on any atom is -0.497 e. The van der Waals surface area contributed by atoms with Crippen LogP contribution in [0.4, 0.5) is 0 Å².